The second-order valence-electron chi connectivity index (χ2n) is 2.79. The molecule has 0 saturated carbocycles. The number of carbonyl (C=O) groups excluding carboxylic acids is 2. The van der Waals surface area contributed by atoms with Crippen LogP contribution in [0.1, 0.15) is 0 Å². The highest BCUT2D eigenvalue weighted by molar-refractivity contribution is 6.43. The summed E-state index contributed by atoms with van der Waals surface area (Å²) < 4.78 is 5.07. The molecule has 0 unspecified atom stereocenters. The summed E-state index contributed by atoms with van der Waals surface area (Å²) in [7, 11) is 0. The van der Waals surface area contributed by atoms with Gasteiger partial charge >= 0.3 is 0 Å². The number of amides is 2. The Balaban J connectivity index is 3.03. The highest BCUT2D eigenvalue weighted by Gasteiger charge is 2.17. The monoisotopic (exact) mass is 240 g/mol. The van der Waals surface area contributed by atoms with Crippen molar-refractivity contribution in [1.29, 1.82) is 0 Å². The third-order valence-electron chi connectivity index (χ3n) is 1.60. The van der Waals surface area contributed by atoms with Crippen molar-refractivity contribution in [2.24, 2.45) is 11.5 Å². The molecule has 84 valence electrons. The molecular formula is C10H9ClN2O3. The highest BCUT2D eigenvalue weighted by Crippen LogP contribution is 2.16. The number of primary amides is 2. The molecular weight excluding hydrogens is 232 g/mol. The van der Waals surface area contributed by atoms with Gasteiger partial charge in [0.1, 0.15) is 5.75 Å². The van der Waals surface area contributed by atoms with E-state index >= 15 is 0 Å². The van der Waals surface area contributed by atoms with Crippen LogP contribution in [0.3, 0.4) is 0 Å². The zero-order valence-corrected chi connectivity index (χ0v) is 8.90. The lowest BCUT2D eigenvalue weighted by Gasteiger charge is -2.07. The maximum absolute atomic E-state index is 11.0. The molecule has 0 aromatic heterocycles. The average molecular weight is 241 g/mol. The Morgan fingerprint density at radius 1 is 1.06 bits per heavy atom. The summed E-state index contributed by atoms with van der Waals surface area (Å²) in [5.41, 5.74) is 9.92. The minimum absolute atomic E-state index is 0.329. The lowest BCUT2D eigenvalue weighted by Crippen LogP contribution is -2.24. The molecule has 0 spiro atoms. The predicted octanol–water partition coefficient (Wildman–Crippen LogP) is 0.486. The van der Waals surface area contributed by atoms with Crippen LogP contribution in [0.15, 0.2) is 41.1 Å². The van der Waals surface area contributed by atoms with Gasteiger partial charge in [-0.1, -0.05) is 29.8 Å². The molecule has 1 aromatic carbocycles. The second-order valence-corrected chi connectivity index (χ2v) is 3.16. The topological polar surface area (TPSA) is 95.4 Å². The van der Waals surface area contributed by atoms with Crippen LogP contribution in [0.2, 0.25) is 0 Å². The Morgan fingerprint density at radius 3 is 2.06 bits per heavy atom. The van der Waals surface area contributed by atoms with E-state index in [1.807, 2.05) is 0 Å². The van der Waals surface area contributed by atoms with Crippen molar-refractivity contribution < 1.29 is 14.3 Å². The zero-order chi connectivity index (χ0) is 12.1. The standard InChI is InChI=1S/C10H9ClN2O3/c11-7(9(12)14)8(10(13)15)16-6-4-2-1-3-5-6/h1-5H,(H2,12,14)(H2,13,15). The molecule has 6 heteroatoms. The molecule has 0 aliphatic heterocycles. The number of nitrogens with two attached hydrogens (primary N) is 2. The quantitative estimate of drug-likeness (QED) is 0.592. The van der Waals surface area contributed by atoms with Crippen molar-refractivity contribution in [2.45, 2.75) is 0 Å². The minimum atomic E-state index is -0.980. The van der Waals surface area contributed by atoms with Crippen LogP contribution in [0.25, 0.3) is 0 Å². The number of rotatable bonds is 4. The fraction of sp³-hybridized carbons (Fsp3) is 0. The van der Waals surface area contributed by atoms with Gasteiger partial charge in [0.15, 0.2) is 5.03 Å². The Bertz CT molecular complexity index is 443. The van der Waals surface area contributed by atoms with E-state index in [1.54, 1.807) is 30.3 Å². The van der Waals surface area contributed by atoms with Crippen LogP contribution in [-0.4, -0.2) is 11.8 Å². The summed E-state index contributed by atoms with van der Waals surface area (Å²) in [5, 5.41) is -0.531. The van der Waals surface area contributed by atoms with Gasteiger partial charge in [0, 0.05) is 0 Å². The smallest absolute Gasteiger partial charge is 0.286 e. The van der Waals surface area contributed by atoms with Crippen LogP contribution in [0.5, 0.6) is 5.75 Å². The molecule has 0 aliphatic carbocycles. The van der Waals surface area contributed by atoms with E-state index in [4.69, 9.17) is 27.8 Å². The first-order chi connectivity index (χ1) is 7.52. The van der Waals surface area contributed by atoms with Crippen LogP contribution >= 0.6 is 11.6 Å². The number of hydrogen-bond acceptors (Lipinski definition) is 3. The summed E-state index contributed by atoms with van der Waals surface area (Å²) in [6.45, 7) is 0. The van der Waals surface area contributed by atoms with Crippen LogP contribution in [0, 0.1) is 0 Å². The Kier molecular flexibility index (Phi) is 3.90. The molecule has 0 atom stereocenters. The third kappa shape index (κ3) is 2.99. The number of benzene rings is 1. The molecule has 0 bridgehead atoms. The van der Waals surface area contributed by atoms with Gasteiger partial charge in [0.05, 0.1) is 0 Å². The first kappa shape index (κ1) is 12.1. The minimum Gasteiger partial charge on any atom is -0.450 e. The van der Waals surface area contributed by atoms with E-state index < -0.39 is 22.6 Å². The molecule has 0 fully saturated rings. The summed E-state index contributed by atoms with van der Waals surface area (Å²) in [6, 6.07) is 8.29. The highest BCUT2D eigenvalue weighted by atomic mass is 35.5. The Morgan fingerprint density at radius 2 is 1.62 bits per heavy atom. The summed E-state index contributed by atoms with van der Waals surface area (Å²) >= 11 is 5.51. The van der Waals surface area contributed by atoms with Gasteiger partial charge in [-0.3, -0.25) is 9.59 Å². The number of halogens is 1. The lowest BCUT2D eigenvalue weighted by atomic mass is 10.3. The molecule has 1 aromatic rings. The lowest BCUT2D eigenvalue weighted by molar-refractivity contribution is -0.118. The molecule has 0 saturated heterocycles. The summed E-state index contributed by atoms with van der Waals surface area (Å²) in [5.74, 6) is -2.09. The van der Waals surface area contributed by atoms with Gasteiger partial charge < -0.3 is 16.2 Å². The van der Waals surface area contributed by atoms with Crippen LogP contribution < -0.4 is 16.2 Å². The second kappa shape index (κ2) is 5.18. The molecule has 5 nitrogen and oxygen atoms in total. The first-order valence-electron chi connectivity index (χ1n) is 4.24. The van der Waals surface area contributed by atoms with E-state index in [0.717, 1.165) is 0 Å². The van der Waals surface area contributed by atoms with E-state index in [9.17, 15) is 9.59 Å². The molecule has 16 heavy (non-hydrogen) atoms. The first-order valence-corrected chi connectivity index (χ1v) is 4.62. The van der Waals surface area contributed by atoms with E-state index in [2.05, 4.69) is 0 Å². The van der Waals surface area contributed by atoms with Gasteiger partial charge in [-0.15, -0.1) is 0 Å². The molecule has 0 radical (unpaired) electrons. The van der Waals surface area contributed by atoms with Crippen LogP contribution in [-0.2, 0) is 9.59 Å². The summed E-state index contributed by atoms with van der Waals surface area (Å²) in [4.78, 5) is 21.8. The largest absolute Gasteiger partial charge is 0.450 e. The number of carbonyl (C=O) groups is 2. The van der Waals surface area contributed by atoms with E-state index in [1.165, 1.54) is 0 Å². The van der Waals surface area contributed by atoms with Gasteiger partial charge in [-0.2, -0.15) is 0 Å². The van der Waals surface area contributed by atoms with Crippen molar-refractivity contribution in [1.82, 2.24) is 0 Å². The predicted molar refractivity (Wildman–Crippen MR) is 58.3 cm³/mol. The van der Waals surface area contributed by atoms with Gasteiger partial charge in [-0.05, 0) is 12.1 Å². The maximum Gasteiger partial charge on any atom is 0.286 e. The molecule has 2 amide bonds. The Hall–Kier alpha value is -2.01. The summed E-state index contributed by atoms with van der Waals surface area (Å²) in [6.07, 6.45) is 0. The van der Waals surface area contributed by atoms with Gasteiger partial charge in [0.2, 0.25) is 5.76 Å². The van der Waals surface area contributed by atoms with Crippen LogP contribution in [0.4, 0.5) is 0 Å². The van der Waals surface area contributed by atoms with Crippen molar-refractivity contribution in [3.63, 3.8) is 0 Å². The Labute approximate surface area is 96.6 Å². The van der Waals surface area contributed by atoms with Crippen molar-refractivity contribution in [3.05, 3.63) is 41.1 Å². The third-order valence-corrected chi connectivity index (χ3v) is 1.96. The molecule has 0 heterocycles. The number of hydrogen-bond donors (Lipinski definition) is 2. The normalized spacial score (nSPS) is 11.6. The SMILES string of the molecule is NC(=O)C(Cl)=C(Oc1ccccc1)C(N)=O. The van der Waals surface area contributed by atoms with Crippen molar-refractivity contribution >= 4 is 23.4 Å². The van der Waals surface area contributed by atoms with Crippen molar-refractivity contribution in [2.75, 3.05) is 0 Å². The molecule has 4 N–H and O–H groups in total. The van der Waals surface area contributed by atoms with E-state index in [-0.39, 0.29) is 0 Å². The number of ether oxygens (including phenoxy) is 1. The van der Waals surface area contributed by atoms with Crippen molar-refractivity contribution in [3.8, 4) is 5.75 Å². The zero-order valence-electron chi connectivity index (χ0n) is 8.14. The fourth-order valence-corrected chi connectivity index (χ4v) is 1.05. The average Bonchev–Trinajstić information content (AvgIpc) is 2.26. The number of para-hydroxylation sites is 1. The van der Waals surface area contributed by atoms with Gasteiger partial charge in [0.25, 0.3) is 11.8 Å². The van der Waals surface area contributed by atoms with Gasteiger partial charge in [-0.25, -0.2) is 0 Å². The molecule has 0 aliphatic rings. The molecule has 1 rings (SSSR count). The van der Waals surface area contributed by atoms with E-state index in [0.29, 0.717) is 5.75 Å². The fourth-order valence-electron chi connectivity index (χ4n) is 0.922. The maximum atomic E-state index is 11.0.